The van der Waals surface area contributed by atoms with Crippen molar-refractivity contribution in [2.24, 2.45) is 0 Å². The Balaban J connectivity index is 1.78. The molecule has 0 fully saturated rings. The third-order valence-corrected chi connectivity index (χ3v) is 5.70. The van der Waals surface area contributed by atoms with E-state index >= 15 is 4.39 Å². The molecule has 4 aromatic carbocycles. The van der Waals surface area contributed by atoms with Crippen LogP contribution in [-0.4, -0.2) is 6.36 Å². The summed E-state index contributed by atoms with van der Waals surface area (Å²) in [4.78, 5) is 0. The lowest BCUT2D eigenvalue weighted by molar-refractivity contribution is -0.276. The van der Waals surface area contributed by atoms with Gasteiger partial charge in [0.25, 0.3) is 0 Å². The van der Waals surface area contributed by atoms with Crippen LogP contribution in [0.3, 0.4) is 0 Å². The first kappa shape index (κ1) is 23.9. The second-order valence-electron chi connectivity index (χ2n) is 8.03. The summed E-state index contributed by atoms with van der Waals surface area (Å²) in [5, 5.41) is 1.10. The SMILES string of the molecule is CCCCCc1ccc2c(cc(F)c3cc(-c4cc(F)c(OC(F)(F)F)c(F)c4)ccc32)c1F. The predicted octanol–water partition coefficient (Wildman–Crippen LogP) is 8.85. The van der Waals surface area contributed by atoms with Crippen LogP contribution >= 0.6 is 0 Å². The van der Waals surface area contributed by atoms with Crippen LogP contribution in [0, 0.1) is 23.3 Å². The zero-order valence-electron chi connectivity index (χ0n) is 18.0. The average Bonchev–Trinajstić information content (AvgIpc) is 2.77. The van der Waals surface area contributed by atoms with Gasteiger partial charge in [-0.1, -0.05) is 44.0 Å². The molecular weight excluding hydrogens is 461 g/mol. The average molecular weight is 480 g/mol. The fourth-order valence-corrected chi connectivity index (χ4v) is 4.07. The van der Waals surface area contributed by atoms with E-state index in [0.29, 0.717) is 34.9 Å². The number of alkyl halides is 3. The first-order valence-corrected chi connectivity index (χ1v) is 10.7. The van der Waals surface area contributed by atoms with Crippen molar-refractivity contribution in [3.8, 4) is 16.9 Å². The lowest BCUT2D eigenvalue weighted by atomic mass is 9.94. The van der Waals surface area contributed by atoms with Gasteiger partial charge in [-0.3, -0.25) is 0 Å². The van der Waals surface area contributed by atoms with Gasteiger partial charge in [0.05, 0.1) is 0 Å². The summed E-state index contributed by atoms with van der Waals surface area (Å²) in [5.41, 5.74) is 0.561. The summed E-state index contributed by atoms with van der Waals surface area (Å²) < 4.78 is 98.8. The highest BCUT2D eigenvalue weighted by molar-refractivity contribution is 6.09. The molecular formula is C26H19F7O. The molecule has 0 radical (unpaired) electrons. The summed E-state index contributed by atoms with van der Waals surface area (Å²) in [7, 11) is 0. The monoisotopic (exact) mass is 480 g/mol. The molecule has 0 unspecified atom stereocenters. The Bertz CT molecular complexity index is 1350. The van der Waals surface area contributed by atoms with Crippen molar-refractivity contribution in [2.45, 2.75) is 39.0 Å². The number of rotatable bonds is 6. The smallest absolute Gasteiger partial charge is 0.399 e. The number of unbranched alkanes of at least 4 members (excludes halogenated alkanes) is 2. The van der Waals surface area contributed by atoms with Gasteiger partial charge < -0.3 is 4.74 Å². The summed E-state index contributed by atoms with van der Waals surface area (Å²) >= 11 is 0. The van der Waals surface area contributed by atoms with E-state index in [1.807, 2.05) is 6.92 Å². The van der Waals surface area contributed by atoms with E-state index < -0.39 is 35.4 Å². The number of aryl methyl sites for hydroxylation is 1. The van der Waals surface area contributed by atoms with E-state index in [2.05, 4.69) is 4.74 Å². The normalized spacial score (nSPS) is 12.0. The number of ether oxygens (including phenoxy) is 1. The van der Waals surface area contributed by atoms with E-state index in [0.717, 1.165) is 25.3 Å². The zero-order chi connectivity index (χ0) is 24.6. The quantitative estimate of drug-likeness (QED) is 0.152. The third-order valence-electron chi connectivity index (χ3n) is 5.70. The Morgan fingerprint density at radius 2 is 1.32 bits per heavy atom. The Kier molecular flexibility index (Phi) is 6.43. The molecule has 0 amide bonds. The molecule has 0 spiro atoms. The minimum Gasteiger partial charge on any atom is -0.399 e. The minimum atomic E-state index is -5.26. The van der Waals surface area contributed by atoms with Crippen LogP contribution in [0.5, 0.6) is 5.75 Å². The van der Waals surface area contributed by atoms with Gasteiger partial charge in [0.15, 0.2) is 11.6 Å². The maximum atomic E-state index is 15.1. The molecule has 0 aliphatic heterocycles. The van der Waals surface area contributed by atoms with Crippen LogP contribution in [0.15, 0.2) is 48.5 Å². The van der Waals surface area contributed by atoms with Gasteiger partial charge >= 0.3 is 6.36 Å². The maximum absolute atomic E-state index is 15.1. The maximum Gasteiger partial charge on any atom is 0.573 e. The van der Waals surface area contributed by atoms with Crippen LogP contribution in [0.1, 0.15) is 31.7 Å². The number of hydrogen-bond donors (Lipinski definition) is 0. The van der Waals surface area contributed by atoms with Crippen molar-refractivity contribution < 1.29 is 35.5 Å². The first-order valence-electron chi connectivity index (χ1n) is 10.7. The molecule has 0 aromatic heterocycles. The second-order valence-corrected chi connectivity index (χ2v) is 8.03. The third kappa shape index (κ3) is 4.67. The number of benzene rings is 4. The zero-order valence-corrected chi connectivity index (χ0v) is 18.0. The molecule has 4 aromatic rings. The molecule has 4 rings (SSSR count). The standard InChI is InChI=1S/C26H19F7O/c1-2-3-4-5-14-6-8-18-17-9-7-15(10-19(17)21(27)13-20(18)24(14)30)16-11-22(28)25(23(29)12-16)34-26(31,32)33/h6-13H,2-5H2,1H3. The highest BCUT2D eigenvalue weighted by atomic mass is 19.4. The molecule has 34 heavy (non-hydrogen) atoms. The van der Waals surface area contributed by atoms with Crippen LogP contribution < -0.4 is 4.74 Å². The molecule has 0 saturated heterocycles. The summed E-state index contributed by atoms with van der Waals surface area (Å²) in [5.74, 6) is -5.89. The van der Waals surface area contributed by atoms with E-state index in [-0.39, 0.29) is 21.9 Å². The Labute approximate surface area is 190 Å². The van der Waals surface area contributed by atoms with Crippen molar-refractivity contribution in [3.63, 3.8) is 0 Å². The molecule has 8 heteroatoms. The van der Waals surface area contributed by atoms with Gasteiger partial charge in [-0.15, -0.1) is 13.2 Å². The number of halogens is 7. The summed E-state index contributed by atoms with van der Waals surface area (Å²) in [6.45, 7) is 2.04. The summed E-state index contributed by atoms with van der Waals surface area (Å²) in [6.07, 6.45) is -1.96. The first-order chi connectivity index (χ1) is 16.1. The Morgan fingerprint density at radius 3 is 1.97 bits per heavy atom. The van der Waals surface area contributed by atoms with Crippen molar-refractivity contribution in [1.29, 1.82) is 0 Å². The fourth-order valence-electron chi connectivity index (χ4n) is 4.07. The van der Waals surface area contributed by atoms with Crippen molar-refractivity contribution in [1.82, 2.24) is 0 Å². The predicted molar refractivity (Wildman–Crippen MR) is 117 cm³/mol. The van der Waals surface area contributed by atoms with Gasteiger partial charge in [-0.05, 0) is 64.6 Å². The van der Waals surface area contributed by atoms with E-state index in [1.54, 1.807) is 12.1 Å². The minimum absolute atomic E-state index is 0.0829. The number of hydrogen-bond acceptors (Lipinski definition) is 1. The van der Waals surface area contributed by atoms with E-state index in [9.17, 15) is 26.3 Å². The molecule has 178 valence electrons. The second kappa shape index (κ2) is 9.16. The van der Waals surface area contributed by atoms with Crippen molar-refractivity contribution >= 4 is 21.5 Å². The van der Waals surface area contributed by atoms with Crippen molar-refractivity contribution in [2.75, 3.05) is 0 Å². The molecule has 0 aliphatic rings. The van der Waals surface area contributed by atoms with Gasteiger partial charge in [0, 0.05) is 10.8 Å². The van der Waals surface area contributed by atoms with Crippen LogP contribution in [0.4, 0.5) is 30.7 Å². The van der Waals surface area contributed by atoms with Gasteiger partial charge in [0.1, 0.15) is 11.6 Å². The van der Waals surface area contributed by atoms with Crippen molar-refractivity contribution in [3.05, 3.63) is 77.4 Å². The van der Waals surface area contributed by atoms with Crippen LogP contribution in [-0.2, 0) is 6.42 Å². The van der Waals surface area contributed by atoms with Crippen LogP contribution in [0.25, 0.3) is 32.7 Å². The molecule has 0 atom stereocenters. The van der Waals surface area contributed by atoms with Gasteiger partial charge in [0.2, 0.25) is 5.75 Å². The van der Waals surface area contributed by atoms with E-state index in [4.69, 9.17) is 0 Å². The molecule has 0 saturated carbocycles. The molecule has 0 heterocycles. The van der Waals surface area contributed by atoms with Gasteiger partial charge in [-0.25, -0.2) is 17.6 Å². The Morgan fingerprint density at radius 1 is 0.676 bits per heavy atom. The van der Waals surface area contributed by atoms with E-state index in [1.165, 1.54) is 18.2 Å². The highest BCUT2D eigenvalue weighted by Gasteiger charge is 2.34. The largest absolute Gasteiger partial charge is 0.573 e. The Hall–Kier alpha value is -3.29. The molecule has 1 nitrogen and oxygen atoms in total. The molecule has 0 N–H and O–H groups in total. The van der Waals surface area contributed by atoms with Gasteiger partial charge in [-0.2, -0.15) is 0 Å². The fraction of sp³-hybridized carbons (Fsp3) is 0.231. The molecule has 0 aliphatic carbocycles. The summed E-state index contributed by atoms with van der Waals surface area (Å²) in [6, 6.07) is 10.1. The molecule has 0 bridgehead atoms. The number of fused-ring (bicyclic) bond motifs is 3. The lowest BCUT2D eigenvalue weighted by Gasteiger charge is -2.13. The lowest BCUT2D eigenvalue weighted by Crippen LogP contribution is -2.19. The topological polar surface area (TPSA) is 9.23 Å². The highest BCUT2D eigenvalue weighted by Crippen LogP contribution is 2.36. The van der Waals surface area contributed by atoms with Crippen LogP contribution in [0.2, 0.25) is 0 Å².